The minimum atomic E-state index is 0.178. The topological polar surface area (TPSA) is 20.3 Å². The standard InChI is InChI=1S/C17H19NOS2/c1-12-5-6-14(20-2)10-15(12)17(19)18-8-3-4-16(18)13-7-9-21-11-13/h5-7,9-11,16H,3-4,8H2,1-2H3. The van der Waals surface area contributed by atoms with E-state index in [1.54, 1.807) is 23.1 Å². The third kappa shape index (κ3) is 2.87. The molecule has 2 nitrogen and oxygen atoms in total. The molecule has 21 heavy (non-hydrogen) atoms. The highest BCUT2D eigenvalue weighted by Gasteiger charge is 2.31. The van der Waals surface area contributed by atoms with Gasteiger partial charge >= 0.3 is 0 Å². The highest BCUT2D eigenvalue weighted by atomic mass is 32.2. The van der Waals surface area contributed by atoms with Crippen LogP contribution in [0.2, 0.25) is 0 Å². The molecular formula is C17H19NOS2. The van der Waals surface area contributed by atoms with Gasteiger partial charge in [0.25, 0.3) is 5.91 Å². The van der Waals surface area contributed by atoms with E-state index in [9.17, 15) is 4.79 Å². The van der Waals surface area contributed by atoms with Gasteiger partial charge in [0.1, 0.15) is 0 Å². The van der Waals surface area contributed by atoms with Gasteiger partial charge in [0, 0.05) is 17.0 Å². The van der Waals surface area contributed by atoms with E-state index in [0.29, 0.717) is 0 Å². The van der Waals surface area contributed by atoms with Crippen LogP contribution in [0.15, 0.2) is 39.9 Å². The van der Waals surface area contributed by atoms with E-state index < -0.39 is 0 Å². The van der Waals surface area contributed by atoms with Gasteiger partial charge in [-0.05, 0) is 66.1 Å². The van der Waals surface area contributed by atoms with Crippen LogP contribution in [0.4, 0.5) is 0 Å². The SMILES string of the molecule is CSc1ccc(C)c(C(=O)N2CCCC2c2ccsc2)c1. The van der Waals surface area contributed by atoms with Gasteiger partial charge in [0.2, 0.25) is 0 Å². The second-order valence-electron chi connectivity index (χ2n) is 5.39. The minimum Gasteiger partial charge on any atom is -0.332 e. The van der Waals surface area contributed by atoms with E-state index in [2.05, 4.69) is 33.9 Å². The number of amides is 1. The van der Waals surface area contributed by atoms with E-state index >= 15 is 0 Å². The molecular weight excluding hydrogens is 298 g/mol. The van der Waals surface area contributed by atoms with E-state index in [1.807, 2.05) is 19.2 Å². The number of aryl methyl sites for hydroxylation is 1. The third-order valence-electron chi connectivity index (χ3n) is 4.12. The fourth-order valence-corrected chi connectivity index (χ4v) is 4.08. The van der Waals surface area contributed by atoms with E-state index in [1.165, 1.54) is 5.56 Å². The zero-order chi connectivity index (χ0) is 14.8. The molecule has 0 N–H and O–H groups in total. The quantitative estimate of drug-likeness (QED) is 0.761. The number of carbonyl (C=O) groups is 1. The van der Waals surface area contributed by atoms with Crippen LogP contribution >= 0.6 is 23.1 Å². The Morgan fingerprint density at radius 3 is 2.95 bits per heavy atom. The maximum Gasteiger partial charge on any atom is 0.254 e. The Balaban J connectivity index is 1.91. The summed E-state index contributed by atoms with van der Waals surface area (Å²) in [5, 5.41) is 4.26. The predicted molar refractivity (Wildman–Crippen MR) is 90.3 cm³/mol. The fraction of sp³-hybridized carbons (Fsp3) is 0.353. The van der Waals surface area contributed by atoms with Crippen LogP contribution in [0.25, 0.3) is 0 Å². The Morgan fingerprint density at radius 2 is 2.24 bits per heavy atom. The summed E-state index contributed by atoms with van der Waals surface area (Å²) < 4.78 is 0. The smallest absolute Gasteiger partial charge is 0.254 e. The molecule has 1 unspecified atom stereocenters. The van der Waals surface area contributed by atoms with Crippen molar-refractivity contribution in [3.05, 3.63) is 51.7 Å². The molecule has 0 spiro atoms. The lowest BCUT2D eigenvalue weighted by Crippen LogP contribution is -2.30. The number of nitrogens with zero attached hydrogens (tertiary/aromatic N) is 1. The van der Waals surface area contributed by atoms with E-state index in [-0.39, 0.29) is 11.9 Å². The molecule has 0 aliphatic carbocycles. The average Bonchev–Trinajstić information content (AvgIpc) is 3.17. The summed E-state index contributed by atoms with van der Waals surface area (Å²) >= 11 is 3.39. The lowest BCUT2D eigenvalue weighted by Gasteiger charge is -2.25. The number of hydrogen-bond acceptors (Lipinski definition) is 3. The molecule has 1 saturated heterocycles. The molecule has 0 radical (unpaired) electrons. The Hall–Kier alpha value is -1.26. The number of rotatable bonds is 3. The molecule has 1 aliphatic rings. The fourth-order valence-electron chi connectivity index (χ4n) is 2.93. The summed E-state index contributed by atoms with van der Waals surface area (Å²) in [6.07, 6.45) is 4.21. The molecule has 0 saturated carbocycles. The van der Waals surface area contributed by atoms with Crippen molar-refractivity contribution in [2.24, 2.45) is 0 Å². The number of thiophene rings is 1. The number of carbonyl (C=O) groups excluding carboxylic acids is 1. The molecule has 110 valence electrons. The second-order valence-corrected chi connectivity index (χ2v) is 7.05. The zero-order valence-corrected chi connectivity index (χ0v) is 14.0. The van der Waals surface area contributed by atoms with Crippen LogP contribution in [0.1, 0.15) is 40.4 Å². The van der Waals surface area contributed by atoms with Gasteiger partial charge in [-0.25, -0.2) is 0 Å². The van der Waals surface area contributed by atoms with E-state index in [0.717, 1.165) is 35.4 Å². The maximum atomic E-state index is 13.0. The molecule has 1 aromatic heterocycles. The largest absolute Gasteiger partial charge is 0.332 e. The molecule has 3 rings (SSSR count). The van der Waals surface area contributed by atoms with Crippen molar-refractivity contribution in [2.45, 2.75) is 30.7 Å². The molecule has 1 aliphatic heterocycles. The summed E-state index contributed by atoms with van der Waals surface area (Å²) in [4.78, 5) is 16.2. The molecule has 1 aromatic carbocycles. The molecule has 0 bridgehead atoms. The highest BCUT2D eigenvalue weighted by Crippen LogP contribution is 2.34. The number of benzene rings is 1. The summed E-state index contributed by atoms with van der Waals surface area (Å²) in [5.41, 5.74) is 3.20. The van der Waals surface area contributed by atoms with Crippen LogP contribution in [0.3, 0.4) is 0 Å². The van der Waals surface area contributed by atoms with Gasteiger partial charge < -0.3 is 4.90 Å². The molecule has 2 heterocycles. The zero-order valence-electron chi connectivity index (χ0n) is 12.3. The first-order valence-electron chi connectivity index (χ1n) is 7.18. The Morgan fingerprint density at radius 1 is 1.38 bits per heavy atom. The van der Waals surface area contributed by atoms with Crippen molar-refractivity contribution in [2.75, 3.05) is 12.8 Å². The average molecular weight is 317 g/mol. The van der Waals surface area contributed by atoms with Crippen LogP contribution in [0.5, 0.6) is 0 Å². The number of hydrogen-bond donors (Lipinski definition) is 0. The van der Waals surface area contributed by atoms with Gasteiger partial charge in [-0.2, -0.15) is 11.3 Å². The van der Waals surface area contributed by atoms with E-state index in [4.69, 9.17) is 0 Å². The Labute approximate surface area is 134 Å². The van der Waals surface area contributed by atoms with Crippen molar-refractivity contribution in [3.63, 3.8) is 0 Å². The first-order valence-corrected chi connectivity index (χ1v) is 9.35. The summed E-state index contributed by atoms with van der Waals surface area (Å²) in [5.74, 6) is 0.178. The summed E-state index contributed by atoms with van der Waals surface area (Å²) in [6.45, 7) is 2.88. The van der Waals surface area contributed by atoms with Crippen molar-refractivity contribution < 1.29 is 4.79 Å². The van der Waals surface area contributed by atoms with Crippen LogP contribution in [-0.4, -0.2) is 23.6 Å². The summed E-state index contributed by atoms with van der Waals surface area (Å²) in [7, 11) is 0. The number of thioether (sulfide) groups is 1. The lowest BCUT2D eigenvalue weighted by atomic mass is 10.1. The van der Waals surface area contributed by atoms with Crippen molar-refractivity contribution >= 4 is 29.0 Å². The normalized spacial score (nSPS) is 18.2. The Kier molecular flexibility index (Phi) is 4.36. The lowest BCUT2D eigenvalue weighted by molar-refractivity contribution is 0.0735. The molecule has 1 atom stereocenters. The highest BCUT2D eigenvalue weighted by molar-refractivity contribution is 7.98. The monoisotopic (exact) mass is 317 g/mol. The number of likely N-dealkylation sites (tertiary alicyclic amines) is 1. The first kappa shape index (κ1) is 14.7. The molecule has 2 aromatic rings. The van der Waals surface area contributed by atoms with Crippen molar-refractivity contribution in [3.8, 4) is 0 Å². The van der Waals surface area contributed by atoms with Crippen molar-refractivity contribution in [1.29, 1.82) is 0 Å². The third-order valence-corrected chi connectivity index (χ3v) is 5.54. The maximum absolute atomic E-state index is 13.0. The van der Waals surface area contributed by atoms with Gasteiger partial charge in [-0.1, -0.05) is 6.07 Å². The first-order chi connectivity index (χ1) is 10.2. The molecule has 1 fully saturated rings. The van der Waals surface area contributed by atoms with Crippen LogP contribution < -0.4 is 0 Å². The Bertz CT molecular complexity index is 636. The van der Waals surface area contributed by atoms with Gasteiger partial charge in [0.05, 0.1) is 6.04 Å². The van der Waals surface area contributed by atoms with Gasteiger partial charge in [0.15, 0.2) is 0 Å². The minimum absolute atomic E-state index is 0.178. The van der Waals surface area contributed by atoms with Gasteiger partial charge in [-0.15, -0.1) is 11.8 Å². The second kappa shape index (κ2) is 6.24. The molecule has 4 heteroatoms. The van der Waals surface area contributed by atoms with Crippen LogP contribution in [-0.2, 0) is 0 Å². The predicted octanol–water partition coefficient (Wildman–Crippen LogP) is 4.76. The van der Waals surface area contributed by atoms with Gasteiger partial charge in [-0.3, -0.25) is 4.79 Å². The molecule has 1 amide bonds. The van der Waals surface area contributed by atoms with Crippen LogP contribution in [0, 0.1) is 6.92 Å². The summed E-state index contributed by atoms with van der Waals surface area (Å²) in [6, 6.07) is 8.56. The van der Waals surface area contributed by atoms with Crippen molar-refractivity contribution in [1.82, 2.24) is 4.90 Å².